The molecule has 0 spiro atoms. The van der Waals surface area contributed by atoms with Gasteiger partial charge in [-0.3, -0.25) is 9.69 Å². The minimum absolute atomic E-state index is 0.0359. The zero-order chi connectivity index (χ0) is 15.7. The maximum absolute atomic E-state index is 12.2. The topological polar surface area (TPSA) is 49.6 Å². The fourth-order valence-corrected chi connectivity index (χ4v) is 2.86. The third-order valence-electron chi connectivity index (χ3n) is 4.00. The molecule has 0 atom stereocenters. The second kappa shape index (κ2) is 5.93. The molecule has 1 amide bonds. The average Bonchev–Trinajstić information content (AvgIpc) is 3.03. The minimum atomic E-state index is 0.0359. The van der Waals surface area contributed by atoms with Crippen molar-refractivity contribution in [3.63, 3.8) is 0 Å². The number of aromatic nitrogens is 1. The number of fused-ring (bicyclic) bond motifs is 1. The van der Waals surface area contributed by atoms with Crippen LogP contribution in [0.4, 0.5) is 0 Å². The largest absolute Gasteiger partial charge is 0.361 e. The highest BCUT2D eigenvalue weighted by atomic mass is 16.5. The van der Waals surface area contributed by atoms with Crippen molar-refractivity contribution in [3.05, 3.63) is 52.4 Å². The summed E-state index contributed by atoms with van der Waals surface area (Å²) in [5.74, 6) is 0.652. The summed E-state index contributed by atoms with van der Waals surface area (Å²) in [7, 11) is 3.94. The molecule has 116 valence electrons. The van der Waals surface area contributed by atoms with Gasteiger partial charge in [-0.25, -0.2) is 0 Å². The van der Waals surface area contributed by atoms with Gasteiger partial charge in [0.1, 0.15) is 5.76 Å². The van der Waals surface area contributed by atoms with Gasteiger partial charge in [0.15, 0.2) is 0 Å². The molecule has 2 heterocycles. The van der Waals surface area contributed by atoms with Gasteiger partial charge >= 0.3 is 0 Å². The van der Waals surface area contributed by atoms with Crippen LogP contribution in [0.5, 0.6) is 0 Å². The second-order valence-electron chi connectivity index (χ2n) is 6.14. The predicted octanol–water partition coefficient (Wildman–Crippen LogP) is 2.13. The van der Waals surface area contributed by atoms with Crippen LogP contribution in [0.3, 0.4) is 0 Å². The fourth-order valence-electron chi connectivity index (χ4n) is 2.86. The van der Waals surface area contributed by atoms with Crippen molar-refractivity contribution in [1.29, 1.82) is 0 Å². The Hall–Kier alpha value is -2.14. The van der Waals surface area contributed by atoms with Crippen molar-refractivity contribution >= 4 is 5.91 Å². The van der Waals surface area contributed by atoms with Crippen LogP contribution in [0.25, 0.3) is 0 Å². The summed E-state index contributed by atoms with van der Waals surface area (Å²) < 4.78 is 5.10. The highest BCUT2D eigenvalue weighted by Crippen LogP contribution is 2.23. The van der Waals surface area contributed by atoms with Gasteiger partial charge in [-0.15, -0.1) is 0 Å². The molecule has 5 nitrogen and oxygen atoms in total. The molecule has 0 unspecified atom stereocenters. The highest BCUT2D eigenvalue weighted by molar-refractivity contribution is 5.77. The van der Waals surface area contributed by atoms with Crippen LogP contribution < -0.4 is 0 Å². The number of benzene rings is 1. The first-order valence-electron chi connectivity index (χ1n) is 7.46. The summed E-state index contributed by atoms with van der Waals surface area (Å²) in [5.41, 5.74) is 4.72. The number of carbonyl (C=O) groups is 1. The molecule has 2 aromatic rings. The van der Waals surface area contributed by atoms with Crippen molar-refractivity contribution in [1.82, 2.24) is 15.0 Å². The predicted molar refractivity (Wildman–Crippen MR) is 83.0 cm³/mol. The molecule has 0 aliphatic carbocycles. The third-order valence-corrected chi connectivity index (χ3v) is 4.00. The summed E-state index contributed by atoms with van der Waals surface area (Å²) >= 11 is 0. The quantitative estimate of drug-likeness (QED) is 0.868. The number of amides is 1. The van der Waals surface area contributed by atoms with E-state index < -0.39 is 0 Å². The molecule has 1 aliphatic heterocycles. The molecule has 0 N–H and O–H groups in total. The Balaban J connectivity index is 1.63. The summed E-state index contributed by atoms with van der Waals surface area (Å²) in [6.07, 6.45) is 0.255. The Morgan fingerprint density at radius 3 is 2.82 bits per heavy atom. The molecule has 1 aliphatic rings. The molecule has 1 aromatic heterocycles. The Kier molecular flexibility index (Phi) is 3.98. The SMILES string of the molecule is Cc1cc(CC(=O)N(C)Cc2ccc3c(c2)CN(C)C3)on1. The summed E-state index contributed by atoms with van der Waals surface area (Å²) in [5, 5.41) is 3.81. The van der Waals surface area contributed by atoms with Crippen molar-refractivity contribution < 1.29 is 9.32 Å². The van der Waals surface area contributed by atoms with Crippen molar-refractivity contribution in [2.75, 3.05) is 14.1 Å². The lowest BCUT2D eigenvalue weighted by Crippen LogP contribution is -2.27. The van der Waals surface area contributed by atoms with Gasteiger partial charge in [0.25, 0.3) is 0 Å². The molecule has 1 aromatic carbocycles. The Labute approximate surface area is 130 Å². The molecule has 0 radical (unpaired) electrons. The third kappa shape index (κ3) is 3.20. The van der Waals surface area contributed by atoms with E-state index in [9.17, 15) is 4.79 Å². The number of nitrogens with zero attached hydrogens (tertiary/aromatic N) is 3. The Morgan fingerprint density at radius 1 is 1.32 bits per heavy atom. The van der Waals surface area contributed by atoms with Gasteiger partial charge in [0, 0.05) is 32.7 Å². The molecule has 0 bridgehead atoms. The maximum Gasteiger partial charge on any atom is 0.230 e. The number of likely N-dealkylation sites (N-methyl/N-ethyl adjacent to an activating group) is 1. The van der Waals surface area contributed by atoms with E-state index in [1.807, 2.05) is 14.0 Å². The van der Waals surface area contributed by atoms with Crippen LogP contribution in [-0.4, -0.2) is 35.0 Å². The first-order chi connectivity index (χ1) is 10.5. The lowest BCUT2D eigenvalue weighted by molar-refractivity contribution is -0.130. The van der Waals surface area contributed by atoms with E-state index in [0.29, 0.717) is 12.3 Å². The van der Waals surface area contributed by atoms with E-state index >= 15 is 0 Å². The second-order valence-corrected chi connectivity index (χ2v) is 6.14. The zero-order valence-electron chi connectivity index (χ0n) is 13.3. The molecular weight excluding hydrogens is 278 g/mol. The number of hydrogen-bond donors (Lipinski definition) is 0. The molecule has 0 saturated heterocycles. The molecule has 3 rings (SSSR count). The summed E-state index contributed by atoms with van der Waals surface area (Å²) in [6, 6.07) is 8.30. The maximum atomic E-state index is 12.2. The molecule has 0 saturated carbocycles. The smallest absolute Gasteiger partial charge is 0.230 e. The van der Waals surface area contributed by atoms with Gasteiger partial charge in [-0.05, 0) is 30.7 Å². The number of hydrogen-bond acceptors (Lipinski definition) is 4. The van der Waals surface area contributed by atoms with Gasteiger partial charge in [0.05, 0.1) is 12.1 Å². The van der Waals surface area contributed by atoms with Gasteiger partial charge < -0.3 is 9.42 Å². The first-order valence-corrected chi connectivity index (χ1v) is 7.46. The molecular formula is C17H21N3O2. The van der Waals surface area contributed by atoms with E-state index in [1.54, 1.807) is 11.0 Å². The first kappa shape index (κ1) is 14.8. The van der Waals surface area contributed by atoms with Crippen LogP contribution in [-0.2, 0) is 30.8 Å². The van der Waals surface area contributed by atoms with Gasteiger partial charge in [0.2, 0.25) is 5.91 Å². The van der Waals surface area contributed by atoms with Crippen LogP contribution in [0.15, 0.2) is 28.8 Å². The van der Waals surface area contributed by atoms with E-state index in [2.05, 4.69) is 35.3 Å². The average molecular weight is 299 g/mol. The van der Waals surface area contributed by atoms with Crippen LogP contribution >= 0.6 is 0 Å². The normalized spacial score (nSPS) is 14.1. The summed E-state index contributed by atoms with van der Waals surface area (Å²) in [6.45, 7) is 4.46. The van der Waals surface area contributed by atoms with Gasteiger partial charge in [-0.2, -0.15) is 0 Å². The van der Waals surface area contributed by atoms with E-state index in [0.717, 1.165) is 18.8 Å². The fraction of sp³-hybridized carbons (Fsp3) is 0.412. The van der Waals surface area contributed by atoms with Crippen molar-refractivity contribution in [2.24, 2.45) is 0 Å². The monoisotopic (exact) mass is 299 g/mol. The Morgan fingerprint density at radius 2 is 2.09 bits per heavy atom. The lowest BCUT2D eigenvalue weighted by Gasteiger charge is -2.17. The standard InChI is InChI=1S/C17H21N3O2/c1-12-6-16(22-18-12)8-17(21)20(3)9-13-4-5-14-10-19(2)11-15(14)7-13/h4-7H,8-11H2,1-3H3. The van der Waals surface area contributed by atoms with Crippen molar-refractivity contribution in [2.45, 2.75) is 33.0 Å². The van der Waals surface area contributed by atoms with E-state index in [4.69, 9.17) is 4.52 Å². The summed E-state index contributed by atoms with van der Waals surface area (Å²) in [4.78, 5) is 16.3. The lowest BCUT2D eigenvalue weighted by atomic mass is 10.1. The molecule has 0 fully saturated rings. The van der Waals surface area contributed by atoms with Crippen LogP contribution in [0, 0.1) is 6.92 Å². The Bertz CT molecular complexity index is 693. The molecule has 22 heavy (non-hydrogen) atoms. The minimum Gasteiger partial charge on any atom is -0.361 e. The zero-order valence-corrected chi connectivity index (χ0v) is 13.3. The highest BCUT2D eigenvalue weighted by Gasteiger charge is 2.17. The van der Waals surface area contributed by atoms with Crippen LogP contribution in [0.2, 0.25) is 0 Å². The molecule has 5 heteroatoms. The number of carbonyl (C=O) groups excluding carboxylic acids is 1. The number of rotatable bonds is 4. The van der Waals surface area contributed by atoms with E-state index in [1.165, 1.54) is 16.7 Å². The van der Waals surface area contributed by atoms with Gasteiger partial charge in [-0.1, -0.05) is 23.4 Å². The van der Waals surface area contributed by atoms with E-state index in [-0.39, 0.29) is 12.3 Å². The van der Waals surface area contributed by atoms with Crippen LogP contribution in [0.1, 0.15) is 28.1 Å². The number of aryl methyl sites for hydroxylation is 1. The van der Waals surface area contributed by atoms with Crippen molar-refractivity contribution in [3.8, 4) is 0 Å².